The summed E-state index contributed by atoms with van der Waals surface area (Å²) < 4.78 is 15.7. The SMILES string of the molecule is Cc1cc(-c2ncccc2-c2ccc3ncc(C(=O)NC4CCN(C(C)C)CC4)n3c2)ccc1F. The van der Waals surface area contributed by atoms with Crippen LogP contribution < -0.4 is 5.32 Å². The Morgan fingerprint density at radius 1 is 1.09 bits per heavy atom. The van der Waals surface area contributed by atoms with Crippen molar-refractivity contribution in [2.75, 3.05) is 13.1 Å². The molecule has 4 aromatic rings. The lowest BCUT2D eigenvalue weighted by Gasteiger charge is -2.34. The molecule has 1 aromatic carbocycles. The van der Waals surface area contributed by atoms with Crippen LogP contribution in [0.25, 0.3) is 28.0 Å². The number of aryl methyl sites for hydroxylation is 1. The molecule has 6 nitrogen and oxygen atoms in total. The fourth-order valence-electron chi connectivity index (χ4n) is 4.79. The molecule has 5 rings (SSSR count). The monoisotopic (exact) mass is 471 g/mol. The number of nitrogens with zero attached hydrogens (tertiary/aromatic N) is 4. The van der Waals surface area contributed by atoms with Gasteiger partial charge in [-0.25, -0.2) is 9.37 Å². The van der Waals surface area contributed by atoms with Crippen molar-refractivity contribution in [2.24, 2.45) is 0 Å². The molecule has 180 valence electrons. The first kappa shape index (κ1) is 23.2. The number of pyridine rings is 2. The maximum Gasteiger partial charge on any atom is 0.270 e. The summed E-state index contributed by atoms with van der Waals surface area (Å²) in [5.41, 5.74) is 5.20. The van der Waals surface area contributed by atoms with Crippen LogP contribution in [0, 0.1) is 12.7 Å². The number of carbonyl (C=O) groups excluding carboxylic acids is 1. The summed E-state index contributed by atoms with van der Waals surface area (Å²) in [6.07, 6.45) is 7.18. The van der Waals surface area contributed by atoms with E-state index in [9.17, 15) is 9.18 Å². The first-order valence-electron chi connectivity index (χ1n) is 12.1. The minimum atomic E-state index is -0.239. The van der Waals surface area contributed by atoms with E-state index in [1.165, 1.54) is 6.07 Å². The maximum absolute atomic E-state index is 13.8. The highest BCUT2D eigenvalue weighted by Gasteiger charge is 2.23. The van der Waals surface area contributed by atoms with Gasteiger partial charge in [0.15, 0.2) is 0 Å². The first-order chi connectivity index (χ1) is 16.9. The van der Waals surface area contributed by atoms with E-state index in [1.54, 1.807) is 31.5 Å². The van der Waals surface area contributed by atoms with Gasteiger partial charge in [-0.1, -0.05) is 6.07 Å². The van der Waals surface area contributed by atoms with Gasteiger partial charge < -0.3 is 10.2 Å². The number of halogens is 1. The average Bonchev–Trinajstić information content (AvgIpc) is 3.29. The highest BCUT2D eigenvalue weighted by Crippen LogP contribution is 2.31. The van der Waals surface area contributed by atoms with Crippen LogP contribution in [0.15, 0.2) is 61.1 Å². The molecule has 1 N–H and O–H groups in total. The van der Waals surface area contributed by atoms with Gasteiger partial charge in [-0.2, -0.15) is 0 Å². The molecule has 35 heavy (non-hydrogen) atoms. The minimum Gasteiger partial charge on any atom is -0.348 e. The number of aromatic nitrogens is 3. The Balaban J connectivity index is 1.44. The van der Waals surface area contributed by atoms with Crippen molar-refractivity contribution in [3.05, 3.63) is 78.1 Å². The highest BCUT2D eigenvalue weighted by atomic mass is 19.1. The minimum absolute atomic E-state index is 0.113. The van der Waals surface area contributed by atoms with Crippen LogP contribution >= 0.6 is 0 Å². The van der Waals surface area contributed by atoms with Crippen LogP contribution in [0.3, 0.4) is 0 Å². The number of likely N-dealkylation sites (tertiary alicyclic amines) is 1. The van der Waals surface area contributed by atoms with Crippen LogP contribution in [-0.2, 0) is 0 Å². The summed E-state index contributed by atoms with van der Waals surface area (Å²) in [4.78, 5) is 24.6. The van der Waals surface area contributed by atoms with Gasteiger partial charge >= 0.3 is 0 Å². The van der Waals surface area contributed by atoms with Crippen LogP contribution in [0.4, 0.5) is 4.39 Å². The Bertz CT molecular complexity index is 1370. The average molecular weight is 472 g/mol. The van der Waals surface area contributed by atoms with Gasteiger partial charge in [0.2, 0.25) is 0 Å². The number of piperidine rings is 1. The van der Waals surface area contributed by atoms with Crippen molar-refractivity contribution in [1.82, 2.24) is 24.6 Å². The molecule has 1 fully saturated rings. The summed E-state index contributed by atoms with van der Waals surface area (Å²) >= 11 is 0. The Labute approximate surface area is 204 Å². The van der Waals surface area contributed by atoms with E-state index in [-0.39, 0.29) is 17.8 Å². The zero-order chi connectivity index (χ0) is 24.5. The molecule has 1 aliphatic heterocycles. The van der Waals surface area contributed by atoms with Gasteiger partial charge in [0.25, 0.3) is 5.91 Å². The van der Waals surface area contributed by atoms with Gasteiger partial charge in [0.1, 0.15) is 17.2 Å². The third-order valence-electron chi connectivity index (χ3n) is 6.88. The third kappa shape index (κ3) is 4.68. The summed E-state index contributed by atoms with van der Waals surface area (Å²) in [6, 6.07) is 13.5. The van der Waals surface area contributed by atoms with Crippen molar-refractivity contribution in [1.29, 1.82) is 0 Å². The van der Waals surface area contributed by atoms with Gasteiger partial charge in [-0.05, 0) is 75.6 Å². The van der Waals surface area contributed by atoms with Crippen LogP contribution in [0.1, 0.15) is 42.7 Å². The number of hydrogen-bond acceptors (Lipinski definition) is 4. The van der Waals surface area contributed by atoms with Crippen molar-refractivity contribution in [2.45, 2.75) is 45.7 Å². The number of imidazole rings is 1. The number of amides is 1. The quantitative estimate of drug-likeness (QED) is 0.439. The molecule has 1 aliphatic rings. The maximum atomic E-state index is 13.8. The van der Waals surface area contributed by atoms with Crippen molar-refractivity contribution in [3.8, 4) is 22.4 Å². The van der Waals surface area contributed by atoms with Gasteiger partial charge in [0, 0.05) is 54.3 Å². The van der Waals surface area contributed by atoms with Crippen molar-refractivity contribution < 1.29 is 9.18 Å². The summed E-state index contributed by atoms with van der Waals surface area (Å²) in [7, 11) is 0. The highest BCUT2D eigenvalue weighted by molar-refractivity contribution is 5.93. The lowest BCUT2D eigenvalue weighted by molar-refractivity contribution is 0.0895. The molecule has 0 aliphatic carbocycles. The molecule has 0 bridgehead atoms. The zero-order valence-electron chi connectivity index (χ0n) is 20.3. The normalized spacial score (nSPS) is 15.1. The molecular weight excluding hydrogens is 441 g/mol. The molecule has 1 amide bonds. The topological polar surface area (TPSA) is 62.5 Å². The fraction of sp³-hybridized carbons (Fsp3) is 0.321. The Hall–Kier alpha value is -3.58. The zero-order valence-corrected chi connectivity index (χ0v) is 20.3. The standard InChI is InChI=1S/C28H30FN5O/c1-18(2)33-13-10-22(11-14-33)32-28(35)25-16-31-26-9-7-21(17-34(25)26)23-5-4-12-30-27(23)20-6-8-24(29)19(3)15-20/h4-9,12,15-18,22H,10-11,13-14H2,1-3H3,(H,32,35). The van der Waals surface area contributed by atoms with E-state index >= 15 is 0 Å². The molecule has 0 radical (unpaired) electrons. The van der Waals surface area contributed by atoms with E-state index in [2.05, 4.69) is 34.0 Å². The number of hydrogen-bond donors (Lipinski definition) is 1. The smallest absolute Gasteiger partial charge is 0.270 e. The molecule has 4 heterocycles. The number of benzene rings is 1. The Morgan fingerprint density at radius 3 is 2.60 bits per heavy atom. The molecule has 0 atom stereocenters. The van der Waals surface area contributed by atoms with Crippen LogP contribution in [0.2, 0.25) is 0 Å². The summed E-state index contributed by atoms with van der Waals surface area (Å²) in [6.45, 7) is 8.15. The Kier molecular flexibility index (Phi) is 6.34. The number of rotatable bonds is 5. The lowest BCUT2D eigenvalue weighted by Crippen LogP contribution is -2.46. The number of fused-ring (bicyclic) bond motifs is 1. The van der Waals surface area contributed by atoms with E-state index < -0.39 is 0 Å². The van der Waals surface area contributed by atoms with Gasteiger partial charge in [-0.15, -0.1) is 0 Å². The van der Waals surface area contributed by atoms with E-state index in [4.69, 9.17) is 0 Å². The van der Waals surface area contributed by atoms with Gasteiger partial charge in [0.05, 0.1) is 11.9 Å². The lowest BCUT2D eigenvalue weighted by atomic mass is 9.99. The molecule has 3 aromatic heterocycles. The van der Waals surface area contributed by atoms with E-state index in [1.807, 2.05) is 34.9 Å². The molecule has 1 saturated heterocycles. The van der Waals surface area contributed by atoms with Crippen LogP contribution in [0.5, 0.6) is 0 Å². The van der Waals surface area contributed by atoms with E-state index in [0.29, 0.717) is 22.9 Å². The van der Waals surface area contributed by atoms with Crippen molar-refractivity contribution >= 4 is 11.6 Å². The second-order valence-electron chi connectivity index (χ2n) is 9.53. The second-order valence-corrected chi connectivity index (χ2v) is 9.53. The number of carbonyl (C=O) groups is 1. The molecule has 0 unspecified atom stereocenters. The predicted molar refractivity (Wildman–Crippen MR) is 136 cm³/mol. The van der Waals surface area contributed by atoms with E-state index in [0.717, 1.165) is 48.3 Å². The molecule has 0 saturated carbocycles. The van der Waals surface area contributed by atoms with Crippen LogP contribution in [-0.4, -0.2) is 50.3 Å². The Morgan fingerprint density at radius 2 is 1.86 bits per heavy atom. The predicted octanol–water partition coefficient (Wildman–Crippen LogP) is 5.11. The largest absolute Gasteiger partial charge is 0.348 e. The molecule has 0 spiro atoms. The van der Waals surface area contributed by atoms with Gasteiger partial charge in [-0.3, -0.25) is 14.2 Å². The van der Waals surface area contributed by atoms with Crippen molar-refractivity contribution in [3.63, 3.8) is 0 Å². The molecule has 7 heteroatoms. The summed E-state index contributed by atoms with van der Waals surface area (Å²) in [5.74, 6) is -0.352. The summed E-state index contributed by atoms with van der Waals surface area (Å²) in [5, 5.41) is 3.21. The number of nitrogens with one attached hydrogen (secondary N) is 1. The third-order valence-corrected chi connectivity index (χ3v) is 6.88. The first-order valence-corrected chi connectivity index (χ1v) is 12.1. The second kappa shape index (κ2) is 9.58. The molecular formula is C28H30FN5O. The fourth-order valence-corrected chi connectivity index (χ4v) is 4.79.